The minimum Gasteiger partial charge on any atom is -0.275 e. The molecule has 1 aromatic carbocycles. The highest BCUT2D eigenvalue weighted by Gasteiger charge is 2.36. The SMILES string of the molecule is OOO[B]c1cc(C(F)(F)F)cc(C(F)(F)F)c1. The van der Waals surface area contributed by atoms with Crippen molar-refractivity contribution in [2.75, 3.05) is 0 Å². The van der Waals surface area contributed by atoms with Crippen LogP contribution in [0.1, 0.15) is 11.1 Å². The first-order valence-electron chi connectivity index (χ1n) is 4.24. The summed E-state index contributed by atoms with van der Waals surface area (Å²) in [5.74, 6) is 0. The lowest BCUT2D eigenvalue weighted by molar-refractivity contribution is -0.441. The van der Waals surface area contributed by atoms with E-state index in [2.05, 4.69) is 9.84 Å². The fourth-order valence-electron chi connectivity index (χ4n) is 1.12. The van der Waals surface area contributed by atoms with Crippen molar-refractivity contribution < 1.29 is 41.4 Å². The molecule has 1 aromatic rings. The maximum absolute atomic E-state index is 12.4. The molecule has 0 atom stereocenters. The Hall–Kier alpha value is -1.26. The molecule has 18 heavy (non-hydrogen) atoms. The van der Waals surface area contributed by atoms with Gasteiger partial charge in [-0.3, -0.25) is 4.81 Å². The molecule has 0 amide bonds. The molecule has 10 heteroatoms. The third-order valence-corrected chi connectivity index (χ3v) is 1.84. The standard InChI is InChI=1S/C8H4BF6O3/c10-7(11,12)4-1-5(8(13,14)15)3-6(2-4)9-17-18-16/h1-3,16H. The molecule has 99 valence electrons. The molecule has 0 bridgehead atoms. The third-order valence-electron chi connectivity index (χ3n) is 1.84. The molecule has 0 fully saturated rings. The van der Waals surface area contributed by atoms with Crippen molar-refractivity contribution in [3.8, 4) is 0 Å². The van der Waals surface area contributed by atoms with Crippen LogP contribution < -0.4 is 5.46 Å². The monoisotopic (exact) mass is 273 g/mol. The molecule has 0 spiro atoms. The van der Waals surface area contributed by atoms with Gasteiger partial charge in [-0.1, -0.05) is 17.2 Å². The van der Waals surface area contributed by atoms with Gasteiger partial charge >= 0.3 is 19.8 Å². The molecular weight excluding hydrogens is 269 g/mol. The number of benzene rings is 1. The van der Waals surface area contributed by atoms with Crippen LogP contribution in [-0.4, -0.2) is 12.7 Å². The molecule has 0 heterocycles. The van der Waals surface area contributed by atoms with Gasteiger partial charge in [-0.05, 0) is 11.5 Å². The Morgan fingerprint density at radius 2 is 1.33 bits per heavy atom. The van der Waals surface area contributed by atoms with Crippen molar-refractivity contribution in [3.05, 3.63) is 29.3 Å². The van der Waals surface area contributed by atoms with Crippen molar-refractivity contribution in [1.29, 1.82) is 0 Å². The van der Waals surface area contributed by atoms with E-state index < -0.39 is 28.9 Å². The van der Waals surface area contributed by atoms with Crippen molar-refractivity contribution in [1.82, 2.24) is 0 Å². The molecule has 1 rings (SSSR count). The predicted molar refractivity (Wildman–Crippen MR) is 46.6 cm³/mol. The maximum atomic E-state index is 12.4. The molecule has 0 saturated carbocycles. The van der Waals surface area contributed by atoms with Gasteiger partial charge in [0.2, 0.25) is 0 Å². The summed E-state index contributed by atoms with van der Waals surface area (Å²) in [6, 6.07) is 0.791. The highest BCUT2D eigenvalue weighted by Crippen LogP contribution is 2.34. The topological polar surface area (TPSA) is 38.7 Å². The van der Waals surface area contributed by atoms with E-state index in [9.17, 15) is 26.3 Å². The number of hydrogen-bond acceptors (Lipinski definition) is 3. The Balaban J connectivity index is 3.21. The summed E-state index contributed by atoms with van der Waals surface area (Å²) in [6.45, 7) is 0. The van der Waals surface area contributed by atoms with E-state index in [0.717, 1.165) is 0 Å². The van der Waals surface area contributed by atoms with Gasteiger partial charge in [0.1, 0.15) is 0 Å². The van der Waals surface area contributed by atoms with Crippen molar-refractivity contribution in [3.63, 3.8) is 0 Å². The van der Waals surface area contributed by atoms with Crippen molar-refractivity contribution in [2.45, 2.75) is 12.4 Å². The largest absolute Gasteiger partial charge is 0.416 e. The van der Waals surface area contributed by atoms with Crippen LogP contribution in [0, 0.1) is 0 Å². The highest BCUT2D eigenvalue weighted by atomic mass is 19.4. The Morgan fingerprint density at radius 1 is 0.889 bits per heavy atom. The summed E-state index contributed by atoms with van der Waals surface area (Å²) in [5.41, 5.74) is -3.55. The second kappa shape index (κ2) is 5.16. The van der Waals surface area contributed by atoms with Gasteiger partial charge in [0.15, 0.2) is 0 Å². The molecule has 1 radical (unpaired) electrons. The molecule has 0 aliphatic heterocycles. The summed E-state index contributed by atoms with van der Waals surface area (Å²) in [4.78, 5) is 3.75. The average molecular weight is 273 g/mol. The van der Waals surface area contributed by atoms with Crippen LogP contribution in [0.5, 0.6) is 0 Å². The van der Waals surface area contributed by atoms with Crippen molar-refractivity contribution >= 4 is 12.9 Å². The molecule has 1 N–H and O–H groups in total. The smallest absolute Gasteiger partial charge is 0.275 e. The van der Waals surface area contributed by atoms with Crippen LogP contribution in [0.2, 0.25) is 0 Å². The molecular formula is C8H4BF6O3. The van der Waals surface area contributed by atoms with Gasteiger partial charge in [-0.15, -0.1) is 0 Å². The van der Waals surface area contributed by atoms with Crippen LogP contribution >= 0.6 is 0 Å². The lowest BCUT2D eigenvalue weighted by Crippen LogP contribution is -2.23. The van der Waals surface area contributed by atoms with Gasteiger partial charge < -0.3 is 0 Å². The molecule has 3 nitrogen and oxygen atoms in total. The second-order valence-electron chi connectivity index (χ2n) is 3.13. The Morgan fingerprint density at radius 3 is 1.67 bits per heavy atom. The molecule has 0 aromatic heterocycles. The van der Waals surface area contributed by atoms with E-state index >= 15 is 0 Å². The third kappa shape index (κ3) is 3.89. The van der Waals surface area contributed by atoms with E-state index in [-0.39, 0.29) is 6.07 Å². The van der Waals surface area contributed by atoms with Crippen LogP contribution in [0.15, 0.2) is 18.2 Å². The summed E-state index contributed by atoms with van der Waals surface area (Å²) < 4.78 is 74.1. The second-order valence-corrected chi connectivity index (χ2v) is 3.13. The number of rotatable bonds is 3. The lowest BCUT2D eigenvalue weighted by atomic mass is 9.85. The van der Waals surface area contributed by atoms with Gasteiger partial charge in [0, 0.05) is 0 Å². The van der Waals surface area contributed by atoms with E-state index in [0.29, 0.717) is 19.6 Å². The first-order valence-corrected chi connectivity index (χ1v) is 4.24. The number of halogens is 6. The summed E-state index contributed by atoms with van der Waals surface area (Å²) in [7, 11) is 0.393. The minimum absolute atomic E-state index is 0.0306. The van der Waals surface area contributed by atoms with Crippen LogP contribution in [0.4, 0.5) is 26.3 Å². The van der Waals surface area contributed by atoms with Gasteiger partial charge in [-0.2, -0.15) is 26.3 Å². The summed E-state index contributed by atoms with van der Waals surface area (Å²) >= 11 is 0. The first-order chi connectivity index (χ1) is 8.14. The van der Waals surface area contributed by atoms with Crippen LogP contribution in [0.3, 0.4) is 0 Å². The van der Waals surface area contributed by atoms with Gasteiger partial charge in [0.25, 0.3) is 0 Å². The lowest BCUT2D eigenvalue weighted by Gasteiger charge is -2.13. The highest BCUT2D eigenvalue weighted by molar-refractivity contribution is 6.46. The summed E-state index contributed by atoms with van der Waals surface area (Å²) in [5, 5.41) is 10.9. The van der Waals surface area contributed by atoms with E-state index in [1.165, 1.54) is 0 Å². The average Bonchev–Trinajstić information content (AvgIpc) is 2.23. The Labute approximate surface area is 97.1 Å². The van der Waals surface area contributed by atoms with Crippen LogP contribution in [-0.2, 0) is 22.2 Å². The van der Waals surface area contributed by atoms with E-state index in [4.69, 9.17) is 5.26 Å². The zero-order valence-corrected chi connectivity index (χ0v) is 8.34. The van der Waals surface area contributed by atoms with Crippen LogP contribution in [0.25, 0.3) is 0 Å². The van der Waals surface area contributed by atoms with Crippen molar-refractivity contribution in [2.24, 2.45) is 0 Å². The molecule has 0 aliphatic carbocycles. The quantitative estimate of drug-likeness (QED) is 0.397. The Bertz CT molecular complexity index is 384. The minimum atomic E-state index is -4.94. The number of alkyl halides is 6. The zero-order valence-electron chi connectivity index (χ0n) is 8.34. The fraction of sp³-hybridized carbons (Fsp3) is 0.250. The zero-order chi connectivity index (χ0) is 14.0. The number of hydrogen-bond donors (Lipinski definition) is 1. The van der Waals surface area contributed by atoms with E-state index in [1.807, 2.05) is 0 Å². The predicted octanol–water partition coefficient (Wildman–Crippen LogP) is 2.39. The molecule has 0 saturated heterocycles. The maximum Gasteiger partial charge on any atom is 0.416 e. The normalized spacial score (nSPS) is 12.6. The fourth-order valence-corrected chi connectivity index (χ4v) is 1.12. The molecule has 0 aliphatic rings. The first kappa shape index (κ1) is 14.8. The van der Waals surface area contributed by atoms with Gasteiger partial charge in [0.05, 0.1) is 11.1 Å². The van der Waals surface area contributed by atoms with Gasteiger partial charge in [-0.25, -0.2) is 5.26 Å². The Kier molecular flexibility index (Phi) is 4.25. The summed E-state index contributed by atoms with van der Waals surface area (Å²) in [6.07, 6.45) is -9.88. The van der Waals surface area contributed by atoms with E-state index in [1.54, 1.807) is 0 Å². The molecule has 0 unspecified atom stereocenters.